The lowest BCUT2D eigenvalue weighted by molar-refractivity contribution is -0.131. The van der Waals surface area contributed by atoms with Crippen LogP contribution in [0.1, 0.15) is 25.0 Å². The predicted octanol–water partition coefficient (Wildman–Crippen LogP) is 2.48. The Balaban J connectivity index is 1.80. The van der Waals surface area contributed by atoms with E-state index in [0.717, 1.165) is 28.9 Å². The highest BCUT2D eigenvalue weighted by Crippen LogP contribution is 2.41. The molecule has 0 aromatic carbocycles. The van der Waals surface area contributed by atoms with Crippen molar-refractivity contribution in [3.63, 3.8) is 0 Å². The molecule has 1 saturated heterocycles. The molecule has 2 aromatic rings. The fourth-order valence-electron chi connectivity index (χ4n) is 3.49. The van der Waals surface area contributed by atoms with Crippen LogP contribution in [0.4, 0.5) is 5.82 Å². The molecule has 1 saturated carbocycles. The molecule has 2 bridgehead atoms. The van der Waals surface area contributed by atoms with Crippen LogP contribution in [0, 0.1) is 5.92 Å². The maximum Gasteiger partial charge on any atom is 0.328 e. The standard InChI is InChI=1S/C14H15N3O2S/c18-12(19)4-3-11-13(15-14-16(11)5-6-20-14)17-8-9-1-2-10(17)7-9/h3-6,9-10H,1-2,7-8H2,(H,18,19). The molecule has 1 aliphatic heterocycles. The molecule has 0 amide bonds. The van der Waals surface area contributed by atoms with Crippen LogP contribution in [0.15, 0.2) is 17.7 Å². The molecule has 20 heavy (non-hydrogen) atoms. The first-order valence-corrected chi connectivity index (χ1v) is 7.73. The van der Waals surface area contributed by atoms with Crippen molar-refractivity contribution in [3.8, 4) is 0 Å². The molecule has 2 atom stereocenters. The molecule has 104 valence electrons. The Morgan fingerprint density at radius 3 is 3.10 bits per heavy atom. The summed E-state index contributed by atoms with van der Waals surface area (Å²) in [5.74, 6) is 0.807. The fraction of sp³-hybridized carbons (Fsp3) is 0.429. The summed E-state index contributed by atoms with van der Waals surface area (Å²) in [6.07, 6.45) is 8.62. The summed E-state index contributed by atoms with van der Waals surface area (Å²) in [7, 11) is 0. The molecular formula is C14H15N3O2S. The molecule has 2 unspecified atom stereocenters. The number of anilines is 1. The number of piperidine rings is 1. The Morgan fingerprint density at radius 1 is 1.50 bits per heavy atom. The molecule has 4 rings (SSSR count). The number of nitrogens with zero attached hydrogens (tertiary/aromatic N) is 3. The van der Waals surface area contributed by atoms with Gasteiger partial charge in [-0.3, -0.25) is 4.40 Å². The largest absolute Gasteiger partial charge is 0.478 e. The van der Waals surface area contributed by atoms with Crippen molar-refractivity contribution in [2.45, 2.75) is 25.3 Å². The number of rotatable bonds is 3. The number of hydrogen-bond acceptors (Lipinski definition) is 4. The van der Waals surface area contributed by atoms with Gasteiger partial charge in [-0.25, -0.2) is 9.78 Å². The van der Waals surface area contributed by atoms with Gasteiger partial charge in [-0.1, -0.05) is 0 Å². The molecule has 0 radical (unpaired) electrons. The number of imidazole rings is 1. The number of carboxylic acids is 1. The number of aliphatic carboxylic acids is 1. The van der Waals surface area contributed by atoms with E-state index >= 15 is 0 Å². The number of fused-ring (bicyclic) bond motifs is 3. The van der Waals surface area contributed by atoms with E-state index in [1.165, 1.54) is 25.3 Å². The van der Waals surface area contributed by atoms with E-state index in [9.17, 15) is 4.79 Å². The highest BCUT2D eigenvalue weighted by molar-refractivity contribution is 7.15. The average molecular weight is 289 g/mol. The molecule has 5 nitrogen and oxygen atoms in total. The minimum Gasteiger partial charge on any atom is -0.478 e. The summed E-state index contributed by atoms with van der Waals surface area (Å²) in [5.41, 5.74) is 0.885. The van der Waals surface area contributed by atoms with Crippen LogP contribution in [0.25, 0.3) is 11.0 Å². The van der Waals surface area contributed by atoms with E-state index < -0.39 is 5.97 Å². The number of carbonyl (C=O) groups is 1. The van der Waals surface area contributed by atoms with Gasteiger partial charge in [0.2, 0.25) is 0 Å². The van der Waals surface area contributed by atoms with Crippen molar-refractivity contribution in [1.29, 1.82) is 0 Å². The van der Waals surface area contributed by atoms with Crippen LogP contribution in [0.2, 0.25) is 0 Å². The van der Waals surface area contributed by atoms with Crippen LogP contribution >= 0.6 is 11.3 Å². The van der Waals surface area contributed by atoms with E-state index in [1.807, 2.05) is 16.0 Å². The zero-order valence-electron chi connectivity index (χ0n) is 10.9. The maximum atomic E-state index is 10.8. The zero-order chi connectivity index (χ0) is 13.7. The first-order valence-electron chi connectivity index (χ1n) is 6.85. The monoisotopic (exact) mass is 289 g/mol. The normalized spacial score (nSPS) is 25.3. The Morgan fingerprint density at radius 2 is 2.40 bits per heavy atom. The highest BCUT2D eigenvalue weighted by atomic mass is 32.1. The minimum absolute atomic E-state index is 0.585. The summed E-state index contributed by atoms with van der Waals surface area (Å²) in [6, 6.07) is 0.585. The maximum absolute atomic E-state index is 10.8. The fourth-order valence-corrected chi connectivity index (χ4v) is 4.21. The Bertz CT molecular complexity index is 702. The predicted molar refractivity (Wildman–Crippen MR) is 78.2 cm³/mol. The van der Waals surface area contributed by atoms with E-state index in [4.69, 9.17) is 10.1 Å². The van der Waals surface area contributed by atoms with Crippen LogP contribution in [0.5, 0.6) is 0 Å². The van der Waals surface area contributed by atoms with Crippen LogP contribution in [-0.2, 0) is 4.79 Å². The van der Waals surface area contributed by atoms with Crippen LogP contribution < -0.4 is 4.90 Å². The number of hydrogen-bond donors (Lipinski definition) is 1. The van der Waals surface area contributed by atoms with Gasteiger partial charge in [0.25, 0.3) is 0 Å². The van der Waals surface area contributed by atoms with Gasteiger partial charge in [0, 0.05) is 30.2 Å². The second-order valence-electron chi connectivity index (χ2n) is 5.53. The zero-order valence-corrected chi connectivity index (χ0v) is 11.7. The summed E-state index contributed by atoms with van der Waals surface area (Å²) >= 11 is 1.58. The van der Waals surface area contributed by atoms with Gasteiger partial charge in [0.05, 0.1) is 5.69 Å². The van der Waals surface area contributed by atoms with E-state index in [1.54, 1.807) is 17.4 Å². The smallest absolute Gasteiger partial charge is 0.328 e. The van der Waals surface area contributed by atoms with Crippen LogP contribution in [0.3, 0.4) is 0 Å². The third-order valence-corrected chi connectivity index (χ3v) is 5.10. The SMILES string of the molecule is O=C(O)C=Cc1c(N2CC3CCC2C3)nc2sccn12. The Labute approximate surface area is 120 Å². The van der Waals surface area contributed by atoms with Crippen molar-refractivity contribution in [1.82, 2.24) is 9.38 Å². The van der Waals surface area contributed by atoms with Gasteiger partial charge >= 0.3 is 5.97 Å². The summed E-state index contributed by atoms with van der Waals surface area (Å²) in [6.45, 7) is 1.06. The lowest BCUT2D eigenvalue weighted by atomic mass is 10.1. The molecule has 0 spiro atoms. The lowest BCUT2D eigenvalue weighted by Gasteiger charge is -2.27. The van der Waals surface area contributed by atoms with Gasteiger partial charge in [-0.05, 0) is 31.3 Å². The van der Waals surface area contributed by atoms with Crippen molar-refractivity contribution < 1.29 is 9.90 Å². The quantitative estimate of drug-likeness (QED) is 0.882. The minimum atomic E-state index is -0.927. The van der Waals surface area contributed by atoms with E-state index in [0.29, 0.717) is 6.04 Å². The number of carboxylic acid groups (broad SMARTS) is 1. The van der Waals surface area contributed by atoms with Gasteiger partial charge < -0.3 is 10.0 Å². The topological polar surface area (TPSA) is 57.8 Å². The Hall–Kier alpha value is -1.82. The van der Waals surface area contributed by atoms with Crippen LogP contribution in [-0.4, -0.2) is 33.0 Å². The first kappa shape index (κ1) is 12.0. The number of thiazole rings is 1. The van der Waals surface area contributed by atoms with E-state index in [-0.39, 0.29) is 0 Å². The summed E-state index contributed by atoms with van der Waals surface area (Å²) in [5, 5.41) is 10.8. The van der Waals surface area contributed by atoms with E-state index in [2.05, 4.69) is 4.90 Å². The Kier molecular flexibility index (Phi) is 2.60. The number of aromatic nitrogens is 2. The van der Waals surface area contributed by atoms with Crippen molar-refractivity contribution in [3.05, 3.63) is 23.3 Å². The molecule has 2 fully saturated rings. The van der Waals surface area contributed by atoms with Gasteiger partial charge in [0.1, 0.15) is 0 Å². The molecule has 2 aromatic heterocycles. The summed E-state index contributed by atoms with van der Waals surface area (Å²) in [4.78, 5) is 18.8. The second kappa shape index (κ2) is 4.34. The van der Waals surface area contributed by atoms with Gasteiger partial charge in [-0.15, -0.1) is 11.3 Å². The second-order valence-corrected chi connectivity index (χ2v) is 6.41. The van der Waals surface area contributed by atoms with Gasteiger partial charge in [-0.2, -0.15) is 0 Å². The average Bonchev–Trinajstić information content (AvgIpc) is 3.15. The third kappa shape index (κ3) is 1.75. The molecule has 2 aliphatic rings. The van der Waals surface area contributed by atoms with Crippen molar-refractivity contribution in [2.24, 2.45) is 5.92 Å². The van der Waals surface area contributed by atoms with Crippen molar-refractivity contribution in [2.75, 3.05) is 11.4 Å². The summed E-state index contributed by atoms with van der Waals surface area (Å²) < 4.78 is 1.98. The molecule has 1 aliphatic carbocycles. The molecule has 3 heterocycles. The lowest BCUT2D eigenvalue weighted by Crippen LogP contribution is -2.32. The van der Waals surface area contributed by atoms with Gasteiger partial charge in [0.15, 0.2) is 10.8 Å². The molecule has 1 N–H and O–H groups in total. The third-order valence-electron chi connectivity index (χ3n) is 4.34. The van der Waals surface area contributed by atoms with Crippen molar-refractivity contribution >= 4 is 34.2 Å². The first-order chi connectivity index (χ1) is 9.72. The molecular weight excluding hydrogens is 274 g/mol. The highest BCUT2D eigenvalue weighted by Gasteiger charge is 2.39. The molecule has 6 heteroatoms.